The Morgan fingerprint density at radius 2 is 2.08 bits per heavy atom. The number of fused-ring (bicyclic) bond motifs is 1. The molecule has 0 saturated heterocycles. The summed E-state index contributed by atoms with van der Waals surface area (Å²) in [6, 6.07) is 7.67. The van der Waals surface area contributed by atoms with Crippen LogP contribution < -0.4 is 0 Å². The summed E-state index contributed by atoms with van der Waals surface area (Å²) in [4.78, 5) is 2.25. The van der Waals surface area contributed by atoms with Crippen molar-refractivity contribution in [2.45, 2.75) is 33.2 Å². The Bertz CT molecular complexity index is 748. The van der Waals surface area contributed by atoms with Crippen LogP contribution in [0, 0.1) is 5.41 Å². The third-order valence-electron chi connectivity index (χ3n) is 4.52. The summed E-state index contributed by atoms with van der Waals surface area (Å²) >= 11 is 6.36. The zero-order valence-electron chi connectivity index (χ0n) is 15.1. The van der Waals surface area contributed by atoms with Crippen LogP contribution in [-0.4, -0.2) is 47.4 Å². The second kappa shape index (κ2) is 8.03. The van der Waals surface area contributed by atoms with Crippen molar-refractivity contribution in [3.05, 3.63) is 46.7 Å². The van der Waals surface area contributed by atoms with E-state index in [1.54, 1.807) is 0 Å². The molecule has 3 rings (SSSR count). The molecule has 1 aromatic carbocycles. The molecule has 2 heterocycles. The van der Waals surface area contributed by atoms with Crippen molar-refractivity contribution in [3.63, 3.8) is 0 Å². The van der Waals surface area contributed by atoms with Crippen LogP contribution in [0.1, 0.15) is 25.1 Å². The quantitative estimate of drug-likeness (QED) is 0.700. The lowest BCUT2D eigenvalue weighted by Gasteiger charge is -2.29. The molecule has 1 aliphatic rings. The third kappa shape index (κ3) is 4.61. The minimum Gasteiger partial charge on any atom is -0.374 e. The smallest absolute Gasteiger partial charge is 0.261 e. The number of halogens is 3. The number of para-hydroxylation sites is 1. The first kappa shape index (κ1) is 19.3. The summed E-state index contributed by atoms with van der Waals surface area (Å²) in [6.45, 7) is 6.41. The van der Waals surface area contributed by atoms with Gasteiger partial charge in [0.2, 0.25) is 0 Å². The van der Waals surface area contributed by atoms with Crippen molar-refractivity contribution in [1.82, 2.24) is 14.7 Å². The Labute approximate surface area is 157 Å². The van der Waals surface area contributed by atoms with E-state index in [9.17, 15) is 8.78 Å². The molecular weight excluding hydrogens is 360 g/mol. The average Bonchev–Trinajstić information content (AvgIpc) is 2.87. The van der Waals surface area contributed by atoms with Gasteiger partial charge in [0.15, 0.2) is 0 Å². The van der Waals surface area contributed by atoms with E-state index in [4.69, 9.17) is 16.3 Å². The highest BCUT2D eigenvalue weighted by molar-refractivity contribution is 6.32. The first-order chi connectivity index (χ1) is 12.4. The number of hydrogen-bond donors (Lipinski definition) is 0. The van der Waals surface area contributed by atoms with Gasteiger partial charge in [-0.1, -0.05) is 37.6 Å². The second-order valence-corrected chi connectivity index (χ2v) is 7.90. The van der Waals surface area contributed by atoms with Gasteiger partial charge in [-0.15, -0.1) is 0 Å². The van der Waals surface area contributed by atoms with Crippen molar-refractivity contribution in [1.29, 1.82) is 0 Å². The number of alkyl halides is 2. The van der Waals surface area contributed by atoms with Crippen LogP contribution in [0.15, 0.2) is 30.5 Å². The lowest BCUT2D eigenvalue weighted by atomic mass is 9.87. The lowest BCUT2D eigenvalue weighted by molar-refractivity contribution is 0.00644. The van der Waals surface area contributed by atoms with Crippen molar-refractivity contribution < 1.29 is 13.5 Å². The fourth-order valence-electron chi connectivity index (χ4n) is 3.49. The van der Waals surface area contributed by atoms with Crippen LogP contribution >= 0.6 is 11.6 Å². The van der Waals surface area contributed by atoms with Crippen molar-refractivity contribution in [2.24, 2.45) is 5.41 Å². The van der Waals surface area contributed by atoms with Gasteiger partial charge in [0.05, 0.1) is 23.5 Å². The maximum atomic E-state index is 12.2. The van der Waals surface area contributed by atoms with Crippen LogP contribution in [0.3, 0.4) is 0 Å². The molecule has 0 spiro atoms. The Morgan fingerprint density at radius 3 is 2.81 bits per heavy atom. The van der Waals surface area contributed by atoms with Gasteiger partial charge in [-0.2, -0.15) is 5.10 Å². The molecule has 0 atom stereocenters. The fourth-order valence-corrected chi connectivity index (χ4v) is 3.71. The summed E-state index contributed by atoms with van der Waals surface area (Å²) in [7, 11) is 0. The Balaban J connectivity index is 1.80. The molecule has 142 valence electrons. The highest BCUT2D eigenvalue weighted by Gasteiger charge is 2.30. The molecule has 1 aliphatic heterocycles. The first-order valence-electron chi connectivity index (χ1n) is 8.75. The van der Waals surface area contributed by atoms with Crippen LogP contribution in [0.25, 0.3) is 5.69 Å². The van der Waals surface area contributed by atoms with E-state index >= 15 is 0 Å². The van der Waals surface area contributed by atoms with E-state index in [1.165, 1.54) is 0 Å². The molecule has 26 heavy (non-hydrogen) atoms. The molecule has 2 aromatic rings. The van der Waals surface area contributed by atoms with Crippen LogP contribution in [-0.2, 0) is 17.7 Å². The Morgan fingerprint density at radius 1 is 1.31 bits per heavy atom. The van der Waals surface area contributed by atoms with Gasteiger partial charge in [0, 0.05) is 30.9 Å². The number of hydrogen-bond acceptors (Lipinski definition) is 3. The SMILES string of the molecule is CC1(C)Cc2c(cnn2-c2ccccc2Cl)CN(CCOCC(F)F)C1. The molecule has 4 nitrogen and oxygen atoms in total. The van der Waals surface area contributed by atoms with E-state index in [1.807, 2.05) is 35.1 Å². The largest absolute Gasteiger partial charge is 0.374 e. The maximum absolute atomic E-state index is 12.2. The monoisotopic (exact) mass is 383 g/mol. The van der Waals surface area contributed by atoms with Crippen molar-refractivity contribution in [2.75, 3.05) is 26.3 Å². The normalized spacial score (nSPS) is 17.3. The molecule has 0 amide bonds. The van der Waals surface area contributed by atoms with E-state index < -0.39 is 13.0 Å². The topological polar surface area (TPSA) is 30.3 Å². The standard InChI is InChI=1S/C19H24ClF2N3O/c1-19(2)9-17-14(11-24(13-19)7-8-26-12-18(21)22)10-23-25(17)16-6-4-3-5-15(16)20/h3-6,10,18H,7-9,11-13H2,1-2H3. The molecule has 7 heteroatoms. The Hall–Kier alpha value is -1.50. The van der Waals surface area contributed by atoms with Gasteiger partial charge in [0.25, 0.3) is 6.43 Å². The first-order valence-corrected chi connectivity index (χ1v) is 9.12. The maximum Gasteiger partial charge on any atom is 0.261 e. The van der Waals surface area contributed by atoms with Gasteiger partial charge in [-0.3, -0.25) is 4.90 Å². The predicted molar refractivity (Wildman–Crippen MR) is 98.2 cm³/mol. The predicted octanol–water partition coefficient (Wildman–Crippen LogP) is 4.19. The summed E-state index contributed by atoms with van der Waals surface area (Å²) in [5, 5.41) is 5.23. The number of benzene rings is 1. The fraction of sp³-hybridized carbons (Fsp3) is 0.526. The van der Waals surface area contributed by atoms with E-state index in [2.05, 4.69) is 23.8 Å². The summed E-state index contributed by atoms with van der Waals surface area (Å²) in [6.07, 6.45) is 0.325. The summed E-state index contributed by atoms with van der Waals surface area (Å²) < 4.78 is 31.4. The molecule has 0 saturated carbocycles. The molecular formula is C19H24ClF2N3O. The number of aromatic nitrogens is 2. The van der Waals surface area contributed by atoms with Gasteiger partial charge < -0.3 is 4.74 Å². The lowest BCUT2D eigenvalue weighted by Crippen LogP contribution is -2.35. The molecule has 0 aliphatic carbocycles. The molecule has 0 fully saturated rings. The summed E-state index contributed by atoms with van der Waals surface area (Å²) in [5.41, 5.74) is 3.19. The van der Waals surface area contributed by atoms with Crippen LogP contribution in [0.2, 0.25) is 5.02 Å². The minimum atomic E-state index is -2.42. The van der Waals surface area contributed by atoms with Gasteiger partial charge >= 0.3 is 0 Å². The highest BCUT2D eigenvalue weighted by Crippen LogP contribution is 2.32. The van der Waals surface area contributed by atoms with E-state index in [0.717, 1.165) is 36.5 Å². The van der Waals surface area contributed by atoms with E-state index in [-0.39, 0.29) is 5.41 Å². The molecule has 0 N–H and O–H groups in total. The molecule has 0 bridgehead atoms. The zero-order chi connectivity index (χ0) is 18.7. The summed E-state index contributed by atoms with van der Waals surface area (Å²) in [5.74, 6) is 0. The van der Waals surface area contributed by atoms with Gasteiger partial charge in [-0.25, -0.2) is 13.5 Å². The van der Waals surface area contributed by atoms with Gasteiger partial charge in [0.1, 0.15) is 6.61 Å². The van der Waals surface area contributed by atoms with Crippen molar-refractivity contribution >= 4 is 11.6 Å². The zero-order valence-corrected chi connectivity index (χ0v) is 15.8. The average molecular weight is 384 g/mol. The van der Waals surface area contributed by atoms with Crippen LogP contribution in [0.4, 0.5) is 8.78 Å². The third-order valence-corrected chi connectivity index (χ3v) is 4.84. The highest BCUT2D eigenvalue weighted by atomic mass is 35.5. The molecule has 1 aromatic heterocycles. The molecule has 0 radical (unpaired) electrons. The molecule has 0 unspecified atom stereocenters. The van der Waals surface area contributed by atoms with Gasteiger partial charge in [-0.05, 0) is 24.0 Å². The van der Waals surface area contributed by atoms with Crippen LogP contribution in [0.5, 0.6) is 0 Å². The second-order valence-electron chi connectivity index (χ2n) is 7.50. The number of rotatable bonds is 6. The van der Waals surface area contributed by atoms with E-state index in [0.29, 0.717) is 18.2 Å². The Kier molecular flexibility index (Phi) is 5.95. The van der Waals surface area contributed by atoms with Crippen molar-refractivity contribution in [3.8, 4) is 5.69 Å². The number of ether oxygens (including phenoxy) is 1. The minimum absolute atomic E-state index is 0.0208. The number of nitrogens with zero attached hydrogens (tertiary/aromatic N) is 3.